The summed E-state index contributed by atoms with van der Waals surface area (Å²) in [5, 5.41) is 0. The Morgan fingerprint density at radius 3 is 2.87 bits per heavy atom. The van der Waals surface area contributed by atoms with Crippen LogP contribution in [0, 0.1) is 11.7 Å². The molecule has 0 amide bonds. The molecule has 0 aliphatic heterocycles. The van der Waals surface area contributed by atoms with Gasteiger partial charge < -0.3 is 5.73 Å². The molecule has 0 radical (unpaired) electrons. The van der Waals surface area contributed by atoms with Crippen LogP contribution in [0.25, 0.3) is 0 Å². The number of thioether (sulfide) groups is 1. The zero-order chi connectivity index (χ0) is 11.3. The summed E-state index contributed by atoms with van der Waals surface area (Å²) in [6, 6.07) is 5.14. The molecule has 2 N–H and O–H groups in total. The summed E-state index contributed by atoms with van der Waals surface area (Å²) in [6.07, 6.45) is 0. The zero-order valence-corrected chi connectivity index (χ0v) is 11.1. The molecule has 1 aromatic carbocycles. The maximum Gasteiger partial charge on any atom is 0.137 e. The third-order valence-electron chi connectivity index (χ3n) is 2.06. The van der Waals surface area contributed by atoms with E-state index in [0.717, 1.165) is 23.6 Å². The van der Waals surface area contributed by atoms with E-state index in [2.05, 4.69) is 22.9 Å². The van der Waals surface area contributed by atoms with Crippen LogP contribution in [0.1, 0.15) is 12.5 Å². The molecule has 0 bridgehead atoms. The fourth-order valence-corrected chi connectivity index (χ4v) is 2.57. The molecular weight excluding hydrogens is 277 g/mol. The second-order valence-corrected chi connectivity index (χ2v) is 5.49. The fourth-order valence-electron chi connectivity index (χ4n) is 1.08. The summed E-state index contributed by atoms with van der Waals surface area (Å²) in [5.74, 6) is 2.28. The predicted octanol–water partition coefficient (Wildman–Crippen LogP) is 3.42. The molecule has 15 heavy (non-hydrogen) atoms. The molecule has 1 rings (SSSR count). The Labute approximate surface area is 103 Å². The Morgan fingerprint density at radius 1 is 1.53 bits per heavy atom. The Kier molecular flexibility index (Phi) is 5.64. The van der Waals surface area contributed by atoms with Gasteiger partial charge in [0.05, 0.1) is 4.47 Å². The topological polar surface area (TPSA) is 26.0 Å². The molecular formula is C11H15BrFNS. The van der Waals surface area contributed by atoms with E-state index in [4.69, 9.17) is 5.73 Å². The second-order valence-electron chi connectivity index (χ2n) is 3.60. The van der Waals surface area contributed by atoms with Crippen molar-refractivity contribution < 1.29 is 4.39 Å². The second kappa shape index (κ2) is 6.51. The molecule has 4 heteroatoms. The first-order valence-electron chi connectivity index (χ1n) is 4.85. The van der Waals surface area contributed by atoms with Crippen molar-refractivity contribution in [1.29, 1.82) is 0 Å². The molecule has 0 spiro atoms. The Balaban J connectivity index is 2.41. The van der Waals surface area contributed by atoms with E-state index in [1.54, 1.807) is 0 Å². The summed E-state index contributed by atoms with van der Waals surface area (Å²) >= 11 is 5.01. The lowest BCUT2D eigenvalue weighted by atomic mass is 10.2. The lowest BCUT2D eigenvalue weighted by molar-refractivity contribution is 0.620. The van der Waals surface area contributed by atoms with Crippen LogP contribution >= 0.6 is 27.7 Å². The molecule has 0 aliphatic carbocycles. The van der Waals surface area contributed by atoms with Crippen molar-refractivity contribution >= 4 is 27.7 Å². The smallest absolute Gasteiger partial charge is 0.137 e. The number of hydrogen-bond acceptors (Lipinski definition) is 2. The molecule has 1 atom stereocenters. The van der Waals surface area contributed by atoms with Crippen molar-refractivity contribution in [3.8, 4) is 0 Å². The van der Waals surface area contributed by atoms with Crippen LogP contribution in [0.15, 0.2) is 22.7 Å². The first-order valence-corrected chi connectivity index (χ1v) is 6.80. The minimum absolute atomic E-state index is 0.209. The normalized spacial score (nSPS) is 12.8. The van der Waals surface area contributed by atoms with E-state index in [1.807, 2.05) is 23.9 Å². The highest BCUT2D eigenvalue weighted by molar-refractivity contribution is 9.10. The molecule has 84 valence electrons. The lowest BCUT2D eigenvalue weighted by Crippen LogP contribution is -2.12. The molecule has 0 saturated heterocycles. The first-order chi connectivity index (χ1) is 7.13. The minimum Gasteiger partial charge on any atom is -0.330 e. The third-order valence-corrected chi connectivity index (χ3v) is 4.01. The molecule has 1 unspecified atom stereocenters. The molecule has 0 saturated carbocycles. The van der Waals surface area contributed by atoms with Crippen molar-refractivity contribution in [1.82, 2.24) is 0 Å². The minimum atomic E-state index is -0.209. The van der Waals surface area contributed by atoms with E-state index >= 15 is 0 Å². The van der Waals surface area contributed by atoms with Crippen LogP contribution in [0.3, 0.4) is 0 Å². The Bertz CT molecular complexity index is 319. The van der Waals surface area contributed by atoms with Gasteiger partial charge in [-0.2, -0.15) is 11.8 Å². The van der Waals surface area contributed by atoms with Gasteiger partial charge in [0.1, 0.15) is 5.82 Å². The number of nitrogens with two attached hydrogens (primary N) is 1. The van der Waals surface area contributed by atoms with Gasteiger partial charge in [0, 0.05) is 5.75 Å². The number of hydrogen-bond donors (Lipinski definition) is 1. The first kappa shape index (κ1) is 13.0. The average molecular weight is 292 g/mol. The van der Waals surface area contributed by atoms with Crippen LogP contribution in [0.2, 0.25) is 0 Å². The van der Waals surface area contributed by atoms with Crippen LogP contribution in [-0.2, 0) is 5.75 Å². The number of halogens is 2. The van der Waals surface area contributed by atoms with Gasteiger partial charge in [0.25, 0.3) is 0 Å². The fraction of sp³-hybridized carbons (Fsp3) is 0.455. The van der Waals surface area contributed by atoms with Crippen molar-refractivity contribution in [2.75, 3.05) is 12.3 Å². The highest BCUT2D eigenvalue weighted by atomic mass is 79.9. The van der Waals surface area contributed by atoms with Crippen molar-refractivity contribution in [2.24, 2.45) is 11.7 Å². The average Bonchev–Trinajstić information content (AvgIpc) is 2.23. The Hall–Kier alpha value is -0.0600. The Morgan fingerprint density at radius 2 is 2.27 bits per heavy atom. The largest absolute Gasteiger partial charge is 0.330 e. The van der Waals surface area contributed by atoms with Crippen molar-refractivity contribution in [3.63, 3.8) is 0 Å². The van der Waals surface area contributed by atoms with Crippen LogP contribution in [0.5, 0.6) is 0 Å². The molecule has 1 aromatic rings. The summed E-state index contributed by atoms with van der Waals surface area (Å²) in [4.78, 5) is 0. The summed E-state index contributed by atoms with van der Waals surface area (Å²) in [6.45, 7) is 2.85. The zero-order valence-electron chi connectivity index (χ0n) is 8.67. The summed E-state index contributed by atoms with van der Waals surface area (Å²) in [5.41, 5.74) is 6.66. The highest BCUT2D eigenvalue weighted by Gasteiger charge is 2.02. The van der Waals surface area contributed by atoms with Crippen molar-refractivity contribution in [2.45, 2.75) is 12.7 Å². The summed E-state index contributed by atoms with van der Waals surface area (Å²) in [7, 11) is 0. The predicted molar refractivity (Wildman–Crippen MR) is 68.5 cm³/mol. The molecule has 0 fully saturated rings. The van der Waals surface area contributed by atoms with Gasteiger partial charge in [0.2, 0.25) is 0 Å². The maximum atomic E-state index is 12.9. The quantitative estimate of drug-likeness (QED) is 0.900. The number of benzene rings is 1. The molecule has 0 heterocycles. The van der Waals surface area contributed by atoms with Gasteiger partial charge in [-0.25, -0.2) is 4.39 Å². The van der Waals surface area contributed by atoms with Gasteiger partial charge >= 0.3 is 0 Å². The van der Waals surface area contributed by atoms with E-state index in [9.17, 15) is 4.39 Å². The molecule has 0 aromatic heterocycles. The maximum absolute atomic E-state index is 12.9. The van der Waals surface area contributed by atoms with E-state index in [0.29, 0.717) is 10.4 Å². The van der Waals surface area contributed by atoms with Crippen molar-refractivity contribution in [3.05, 3.63) is 34.1 Å². The van der Waals surface area contributed by atoms with E-state index in [1.165, 1.54) is 6.07 Å². The van der Waals surface area contributed by atoms with E-state index in [-0.39, 0.29) is 5.82 Å². The third kappa shape index (κ3) is 4.53. The van der Waals surface area contributed by atoms with Crippen LogP contribution < -0.4 is 5.73 Å². The standard InChI is InChI=1S/C11H15BrFNS/c1-8(5-14)6-15-7-9-2-3-11(13)10(12)4-9/h2-4,8H,5-7,14H2,1H3. The van der Waals surface area contributed by atoms with Gasteiger partial charge in [-0.3, -0.25) is 0 Å². The number of rotatable bonds is 5. The highest BCUT2D eigenvalue weighted by Crippen LogP contribution is 2.21. The van der Waals surface area contributed by atoms with Crippen LogP contribution in [0.4, 0.5) is 4.39 Å². The van der Waals surface area contributed by atoms with Gasteiger partial charge in [-0.05, 0) is 51.8 Å². The summed E-state index contributed by atoms with van der Waals surface area (Å²) < 4.78 is 13.5. The SMILES string of the molecule is CC(CN)CSCc1ccc(F)c(Br)c1. The van der Waals surface area contributed by atoms with Gasteiger partial charge in [-0.15, -0.1) is 0 Å². The van der Waals surface area contributed by atoms with E-state index < -0.39 is 0 Å². The molecule has 0 aliphatic rings. The lowest BCUT2D eigenvalue weighted by Gasteiger charge is -2.07. The monoisotopic (exact) mass is 291 g/mol. The van der Waals surface area contributed by atoms with Gasteiger partial charge in [0.15, 0.2) is 0 Å². The van der Waals surface area contributed by atoms with Crippen LogP contribution in [-0.4, -0.2) is 12.3 Å². The van der Waals surface area contributed by atoms with Gasteiger partial charge in [-0.1, -0.05) is 13.0 Å². The molecule has 1 nitrogen and oxygen atoms in total.